The van der Waals surface area contributed by atoms with E-state index in [9.17, 15) is 14.4 Å². The molecule has 136 valence electrons. The molecule has 8 heteroatoms. The van der Waals surface area contributed by atoms with Crippen LogP contribution in [0.4, 0.5) is 0 Å². The lowest BCUT2D eigenvalue weighted by molar-refractivity contribution is -0.131. The highest BCUT2D eigenvalue weighted by atomic mass is 16.5. The molecule has 1 unspecified atom stereocenters. The Kier molecular flexibility index (Phi) is 5.41. The smallest absolute Gasteiger partial charge is 0.343 e. The van der Waals surface area contributed by atoms with Crippen LogP contribution in [0.3, 0.4) is 0 Å². The minimum absolute atomic E-state index is 0.0743. The fraction of sp³-hybridized carbons (Fsp3) is 0.105. The van der Waals surface area contributed by atoms with Gasteiger partial charge in [-0.3, -0.25) is 4.79 Å². The van der Waals surface area contributed by atoms with Gasteiger partial charge in [0.05, 0.1) is 24.1 Å². The second kappa shape index (κ2) is 8.09. The van der Waals surface area contributed by atoms with Crippen LogP contribution in [0.1, 0.15) is 16.1 Å². The van der Waals surface area contributed by atoms with Gasteiger partial charge in [0.2, 0.25) is 0 Å². The van der Waals surface area contributed by atoms with Crippen molar-refractivity contribution in [1.29, 1.82) is 0 Å². The summed E-state index contributed by atoms with van der Waals surface area (Å²) in [6, 6.07) is 9.28. The highest BCUT2D eigenvalue weighted by Crippen LogP contribution is 2.24. The third kappa shape index (κ3) is 4.09. The second-order valence-electron chi connectivity index (χ2n) is 5.55. The number of esters is 1. The number of allylic oxidation sites excluding steroid dienone is 2. The van der Waals surface area contributed by atoms with Gasteiger partial charge >= 0.3 is 5.97 Å². The van der Waals surface area contributed by atoms with Crippen molar-refractivity contribution in [3.05, 3.63) is 77.3 Å². The number of primary amides is 1. The van der Waals surface area contributed by atoms with E-state index in [0.29, 0.717) is 0 Å². The monoisotopic (exact) mass is 365 g/mol. The summed E-state index contributed by atoms with van der Waals surface area (Å²) in [7, 11) is 0. The summed E-state index contributed by atoms with van der Waals surface area (Å²) in [5.41, 5.74) is 6.15. The lowest BCUT2D eigenvalue weighted by Gasteiger charge is -2.21. The van der Waals surface area contributed by atoms with E-state index in [1.807, 2.05) is 30.3 Å². The molecule has 0 radical (unpaired) electrons. The van der Waals surface area contributed by atoms with E-state index in [0.717, 1.165) is 5.56 Å². The number of nitrogens with zero attached hydrogens (tertiary/aromatic N) is 1. The molecule has 2 aromatic rings. The molecule has 0 aliphatic heterocycles. The number of carbonyl (C=O) groups is 2. The molecule has 1 aliphatic rings. The first-order valence-electron chi connectivity index (χ1n) is 7.94. The summed E-state index contributed by atoms with van der Waals surface area (Å²) in [5.74, 6) is -0.116. The number of hydrogen-bond donors (Lipinski definition) is 2. The number of ether oxygens (including phenoxy) is 2. The molecule has 27 heavy (non-hydrogen) atoms. The van der Waals surface area contributed by atoms with E-state index in [4.69, 9.17) is 15.2 Å². The van der Waals surface area contributed by atoms with Crippen molar-refractivity contribution < 1.29 is 23.9 Å². The van der Waals surface area contributed by atoms with Crippen molar-refractivity contribution >= 4 is 17.8 Å². The van der Waals surface area contributed by atoms with Crippen LogP contribution in [0, 0.1) is 0 Å². The first kappa shape index (κ1) is 18.1. The van der Waals surface area contributed by atoms with Gasteiger partial charge in [0, 0.05) is 0 Å². The van der Waals surface area contributed by atoms with Crippen LogP contribution < -0.4 is 10.5 Å². The maximum absolute atomic E-state index is 12.6. The fourth-order valence-corrected chi connectivity index (χ4v) is 2.48. The fourth-order valence-electron chi connectivity index (χ4n) is 2.48. The Morgan fingerprint density at radius 3 is 2.74 bits per heavy atom. The molecule has 1 amide bonds. The van der Waals surface area contributed by atoms with Gasteiger partial charge in [-0.2, -0.15) is 0 Å². The number of nitrogens with one attached hydrogen (secondary N) is 1. The molecular weight excluding hydrogens is 350 g/mol. The summed E-state index contributed by atoms with van der Waals surface area (Å²) in [6.07, 6.45) is 4.70. The largest absolute Gasteiger partial charge is 0.401 e. The van der Waals surface area contributed by atoms with Crippen LogP contribution in [-0.4, -0.2) is 33.9 Å². The molecule has 3 rings (SSSR count). The highest BCUT2D eigenvalue weighted by Gasteiger charge is 2.30. The summed E-state index contributed by atoms with van der Waals surface area (Å²) in [5, 5.41) is 0. The zero-order valence-corrected chi connectivity index (χ0v) is 14.0. The number of aromatic nitrogens is 2. The van der Waals surface area contributed by atoms with Crippen molar-refractivity contribution in [3.63, 3.8) is 0 Å². The topological polar surface area (TPSA) is 124 Å². The molecule has 8 nitrogen and oxygen atoms in total. The molecule has 0 saturated heterocycles. The number of benzene rings is 1. The Bertz CT molecular complexity index is 968. The van der Waals surface area contributed by atoms with Crippen LogP contribution in [0.5, 0.6) is 5.88 Å². The Morgan fingerprint density at radius 2 is 2.04 bits per heavy atom. The van der Waals surface area contributed by atoms with Crippen molar-refractivity contribution in [2.24, 2.45) is 5.73 Å². The van der Waals surface area contributed by atoms with E-state index >= 15 is 0 Å². The Hall–Kier alpha value is -3.74. The molecule has 0 bridgehead atoms. The van der Waals surface area contributed by atoms with E-state index in [2.05, 4.69) is 9.97 Å². The molecule has 1 atom stereocenters. The number of imidazole rings is 1. The third-order valence-electron chi connectivity index (χ3n) is 3.77. The normalized spacial score (nSPS) is 15.8. The molecule has 1 aromatic carbocycles. The number of hydrogen-bond acceptors (Lipinski definition) is 6. The Balaban J connectivity index is 1.80. The number of carbonyl (C=O) groups excluding carboxylic acids is 3. The number of nitrogens with two attached hydrogens (primary N) is 1. The van der Waals surface area contributed by atoms with Gasteiger partial charge in [0.1, 0.15) is 12.0 Å². The van der Waals surface area contributed by atoms with E-state index < -0.39 is 18.0 Å². The second-order valence-corrected chi connectivity index (χ2v) is 5.55. The first-order chi connectivity index (χ1) is 13.1. The quantitative estimate of drug-likeness (QED) is 0.586. The zero-order valence-electron chi connectivity index (χ0n) is 14.0. The van der Waals surface area contributed by atoms with Gasteiger partial charge in [-0.15, -0.1) is 0 Å². The molecular formula is C19H15N3O5. The predicted octanol–water partition coefficient (Wildman–Crippen LogP) is 1.25. The SMILES string of the molecule is NC(=O)c1[nH]cnc1OC(=O)C1=CC=CC(=C=O)C1OCc1ccccc1. The summed E-state index contributed by atoms with van der Waals surface area (Å²) >= 11 is 0. The predicted molar refractivity (Wildman–Crippen MR) is 94.2 cm³/mol. The lowest BCUT2D eigenvalue weighted by atomic mass is 9.97. The molecule has 0 saturated carbocycles. The third-order valence-corrected chi connectivity index (χ3v) is 3.77. The van der Waals surface area contributed by atoms with Gasteiger partial charge in [-0.1, -0.05) is 36.4 Å². The van der Waals surface area contributed by atoms with Crippen LogP contribution in [0.15, 0.2) is 66.0 Å². The van der Waals surface area contributed by atoms with E-state index in [1.54, 1.807) is 5.94 Å². The van der Waals surface area contributed by atoms with E-state index in [-0.39, 0.29) is 29.3 Å². The number of rotatable bonds is 6. The van der Waals surface area contributed by atoms with Crippen molar-refractivity contribution in [3.8, 4) is 5.88 Å². The van der Waals surface area contributed by atoms with Gasteiger partial charge in [0.25, 0.3) is 11.8 Å². The number of amides is 1. The first-order valence-corrected chi connectivity index (χ1v) is 7.94. The molecule has 1 aliphatic carbocycles. The summed E-state index contributed by atoms with van der Waals surface area (Å²) in [4.78, 5) is 41.4. The Labute approximate surface area is 154 Å². The average Bonchev–Trinajstić information content (AvgIpc) is 3.15. The summed E-state index contributed by atoms with van der Waals surface area (Å²) in [6.45, 7) is 0.171. The number of aromatic amines is 1. The minimum Gasteiger partial charge on any atom is -0.401 e. The minimum atomic E-state index is -0.962. The van der Waals surface area contributed by atoms with Crippen LogP contribution >= 0.6 is 0 Å². The average molecular weight is 365 g/mol. The lowest BCUT2D eigenvalue weighted by Crippen LogP contribution is -2.28. The zero-order chi connectivity index (χ0) is 19.2. The van der Waals surface area contributed by atoms with Gasteiger partial charge in [0.15, 0.2) is 5.69 Å². The maximum atomic E-state index is 12.6. The van der Waals surface area contributed by atoms with Crippen LogP contribution in [-0.2, 0) is 20.9 Å². The molecule has 0 spiro atoms. The van der Waals surface area contributed by atoms with Crippen LogP contribution in [0.25, 0.3) is 0 Å². The van der Waals surface area contributed by atoms with E-state index in [1.165, 1.54) is 24.6 Å². The molecule has 1 aromatic heterocycles. The standard InChI is InChI=1S/C19H15N3O5/c20-17(24)15-18(22-11-21-15)27-19(25)14-8-4-7-13(9-23)16(14)26-10-12-5-2-1-3-6-12/h1-8,11,16H,10H2,(H2,20,24)(H,21,22). The molecule has 1 heterocycles. The number of H-pyrrole nitrogens is 1. The summed E-state index contributed by atoms with van der Waals surface area (Å²) < 4.78 is 10.9. The highest BCUT2D eigenvalue weighted by molar-refractivity contribution is 5.97. The van der Waals surface area contributed by atoms with Crippen LogP contribution in [0.2, 0.25) is 0 Å². The van der Waals surface area contributed by atoms with Crippen molar-refractivity contribution in [2.45, 2.75) is 12.7 Å². The van der Waals surface area contributed by atoms with Gasteiger partial charge in [-0.05, 0) is 17.7 Å². The maximum Gasteiger partial charge on any atom is 0.343 e. The molecule has 3 N–H and O–H groups in total. The molecule has 0 fully saturated rings. The van der Waals surface area contributed by atoms with Gasteiger partial charge < -0.3 is 20.2 Å². The van der Waals surface area contributed by atoms with Crippen molar-refractivity contribution in [1.82, 2.24) is 9.97 Å². The van der Waals surface area contributed by atoms with Gasteiger partial charge in [-0.25, -0.2) is 14.6 Å². The Morgan fingerprint density at radius 1 is 1.26 bits per heavy atom. The van der Waals surface area contributed by atoms with Crippen molar-refractivity contribution in [2.75, 3.05) is 0 Å².